The van der Waals surface area contributed by atoms with Crippen LogP contribution in [-0.4, -0.2) is 20.3 Å². The van der Waals surface area contributed by atoms with Gasteiger partial charge in [0.05, 0.1) is 7.11 Å². The van der Waals surface area contributed by atoms with E-state index < -0.39 is 12.2 Å². The highest BCUT2D eigenvalue weighted by molar-refractivity contribution is 5.68. The molecular formula is C17H17NO4. The zero-order valence-electron chi connectivity index (χ0n) is 12.5. The first-order valence-electron chi connectivity index (χ1n) is 7.00. The summed E-state index contributed by atoms with van der Waals surface area (Å²) >= 11 is 0. The van der Waals surface area contributed by atoms with E-state index in [9.17, 15) is 4.79 Å². The van der Waals surface area contributed by atoms with Gasteiger partial charge in [0, 0.05) is 18.2 Å². The predicted molar refractivity (Wildman–Crippen MR) is 81.2 cm³/mol. The molecule has 1 aliphatic heterocycles. The first kappa shape index (κ1) is 14.3. The van der Waals surface area contributed by atoms with Crippen molar-refractivity contribution in [2.24, 2.45) is 0 Å². The highest BCUT2D eigenvalue weighted by Crippen LogP contribution is 2.39. The molecule has 0 bridgehead atoms. The number of ether oxygens (including phenoxy) is 3. The molecule has 1 amide bonds. The Morgan fingerprint density at radius 2 is 2.05 bits per heavy atom. The fraction of sp³-hybridized carbons (Fsp3) is 0.235. The van der Waals surface area contributed by atoms with Crippen molar-refractivity contribution in [3.63, 3.8) is 0 Å². The Morgan fingerprint density at radius 1 is 1.23 bits per heavy atom. The third kappa shape index (κ3) is 2.57. The lowest BCUT2D eigenvalue weighted by molar-refractivity contribution is 0.118. The molecule has 0 radical (unpaired) electrons. The van der Waals surface area contributed by atoms with Gasteiger partial charge in [-0.2, -0.15) is 0 Å². The summed E-state index contributed by atoms with van der Waals surface area (Å²) in [5.74, 6) is 1.37. The van der Waals surface area contributed by atoms with E-state index in [2.05, 4.69) is 5.32 Å². The summed E-state index contributed by atoms with van der Waals surface area (Å²) in [6.07, 6.45) is -1.03. The molecule has 0 saturated heterocycles. The molecule has 1 N–H and O–H groups in total. The molecule has 0 spiro atoms. The van der Waals surface area contributed by atoms with Crippen molar-refractivity contribution in [3.05, 3.63) is 59.2 Å². The molecule has 1 heterocycles. The normalized spacial score (nSPS) is 15.6. The van der Waals surface area contributed by atoms with Gasteiger partial charge in [-0.05, 0) is 23.8 Å². The average Bonchev–Trinajstić information content (AvgIpc) is 2.72. The second-order valence-corrected chi connectivity index (χ2v) is 4.93. The number of benzene rings is 2. The minimum atomic E-state index is -0.538. The van der Waals surface area contributed by atoms with Crippen LogP contribution in [0.15, 0.2) is 42.5 Å². The average molecular weight is 299 g/mol. The lowest BCUT2D eigenvalue weighted by Gasteiger charge is -2.19. The second kappa shape index (κ2) is 5.97. The number of amides is 1. The van der Waals surface area contributed by atoms with Crippen LogP contribution in [0, 0.1) is 0 Å². The summed E-state index contributed by atoms with van der Waals surface area (Å²) in [6.45, 7) is 0.434. The van der Waals surface area contributed by atoms with Crippen LogP contribution in [0.5, 0.6) is 11.5 Å². The van der Waals surface area contributed by atoms with Gasteiger partial charge in [0.15, 0.2) is 6.10 Å². The Bertz CT molecular complexity index is 699. The molecule has 0 aliphatic carbocycles. The van der Waals surface area contributed by atoms with Crippen molar-refractivity contribution in [1.82, 2.24) is 5.32 Å². The molecule has 1 atom stereocenters. The van der Waals surface area contributed by atoms with Crippen LogP contribution in [0.3, 0.4) is 0 Å². The molecule has 5 heteroatoms. The van der Waals surface area contributed by atoms with Gasteiger partial charge in [-0.3, -0.25) is 0 Å². The van der Waals surface area contributed by atoms with Gasteiger partial charge in [-0.1, -0.05) is 24.3 Å². The first-order valence-corrected chi connectivity index (χ1v) is 7.00. The molecule has 1 aliphatic rings. The van der Waals surface area contributed by atoms with E-state index in [1.54, 1.807) is 7.11 Å². The van der Waals surface area contributed by atoms with E-state index in [1.165, 1.54) is 7.05 Å². The Balaban J connectivity index is 2.13. The Labute approximate surface area is 128 Å². The van der Waals surface area contributed by atoms with E-state index in [1.807, 2.05) is 42.5 Å². The molecule has 3 rings (SSSR count). The molecular weight excluding hydrogens is 282 g/mol. The molecule has 2 aromatic carbocycles. The number of carbonyl (C=O) groups is 1. The molecule has 22 heavy (non-hydrogen) atoms. The summed E-state index contributed by atoms with van der Waals surface area (Å²) in [4.78, 5) is 11.8. The Morgan fingerprint density at radius 3 is 2.82 bits per heavy atom. The van der Waals surface area contributed by atoms with Gasteiger partial charge >= 0.3 is 6.09 Å². The number of methoxy groups -OCH3 is 1. The lowest BCUT2D eigenvalue weighted by Crippen LogP contribution is -2.22. The zero-order chi connectivity index (χ0) is 15.5. The van der Waals surface area contributed by atoms with Gasteiger partial charge < -0.3 is 19.5 Å². The lowest BCUT2D eigenvalue weighted by atomic mass is 9.97. The molecule has 2 aromatic rings. The van der Waals surface area contributed by atoms with Crippen molar-refractivity contribution >= 4 is 6.09 Å². The molecule has 0 saturated carbocycles. The van der Waals surface area contributed by atoms with Gasteiger partial charge in [-0.25, -0.2) is 4.79 Å². The van der Waals surface area contributed by atoms with Gasteiger partial charge in [0.2, 0.25) is 0 Å². The summed E-state index contributed by atoms with van der Waals surface area (Å²) in [6, 6.07) is 13.3. The molecule has 0 aromatic heterocycles. The number of hydrogen-bond acceptors (Lipinski definition) is 4. The van der Waals surface area contributed by atoms with Crippen molar-refractivity contribution in [2.75, 3.05) is 14.2 Å². The minimum absolute atomic E-state index is 0.434. The molecule has 5 nitrogen and oxygen atoms in total. The molecule has 0 fully saturated rings. The second-order valence-electron chi connectivity index (χ2n) is 4.93. The maximum atomic E-state index is 11.8. The summed E-state index contributed by atoms with van der Waals surface area (Å²) < 4.78 is 16.7. The van der Waals surface area contributed by atoms with Crippen molar-refractivity contribution in [1.29, 1.82) is 0 Å². The van der Waals surface area contributed by atoms with E-state index in [-0.39, 0.29) is 0 Å². The molecule has 0 unspecified atom stereocenters. The SMILES string of the molecule is CNC(=O)O[C@H]1c2ccccc2COc2ccc(OC)cc21. The topological polar surface area (TPSA) is 56.8 Å². The van der Waals surface area contributed by atoms with E-state index >= 15 is 0 Å². The first-order chi connectivity index (χ1) is 10.7. The number of alkyl carbamates (subject to hydrolysis) is 1. The maximum absolute atomic E-state index is 11.8. The third-order valence-corrected chi connectivity index (χ3v) is 3.65. The Kier molecular flexibility index (Phi) is 3.87. The smallest absolute Gasteiger partial charge is 0.407 e. The van der Waals surface area contributed by atoms with Crippen LogP contribution in [0.25, 0.3) is 0 Å². The van der Waals surface area contributed by atoms with E-state index in [0.29, 0.717) is 18.1 Å². The zero-order valence-corrected chi connectivity index (χ0v) is 12.5. The van der Waals surface area contributed by atoms with E-state index in [0.717, 1.165) is 16.7 Å². The fourth-order valence-corrected chi connectivity index (χ4v) is 2.53. The van der Waals surface area contributed by atoms with Gasteiger partial charge in [-0.15, -0.1) is 0 Å². The summed E-state index contributed by atoms with van der Waals surface area (Å²) in [5, 5.41) is 2.49. The van der Waals surface area contributed by atoms with Crippen molar-refractivity contribution in [3.8, 4) is 11.5 Å². The summed E-state index contributed by atoms with van der Waals surface area (Å²) in [5.41, 5.74) is 2.68. The fourth-order valence-electron chi connectivity index (χ4n) is 2.53. The highest BCUT2D eigenvalue weighted by atomic mass is 16.6. The molecule has 114 valence electrons. The van der Waals surface area contributed by atoms with Crippen LogP contribution in [0.4, 0.5) is 4.79 Å². The van der Waals surface area contributed by atoms with Crippen LogP contribution in [-0.2, 0) is 11.3 Å². The minimum Gasteiger partial charge on any atom is -0.497 e. The van der Waals surface area contributed by atoms with Crippen LogP contribution in [0.2, 0.25) is 0 Å². The number of nitrogens with one attached hydrogen (secondary N) is 1. The van der Waals surface area contributed by atoms with Gasteiger partial charge in [0.25, 0.3) is 0 Å². The number of rotatable bonds is 2. The van der Waals surface area contributed by atoms with E-state index in [4.69, 9.17) is 14.2 Å². The summed E-state index contributed by atoms with van der Waals surface area (Å²) in [7, 11) is 3.13. The number of carbonyl (C=O) groups excluding carboxylic acids is 1. The third-order valence-electron chi connectivity index (χ3n) is 3.65. The highest BCUT2D eigenvalue weighted by Gasteiger charge is 2.28. The van der Waals surface area contributed by atoms with Crippen molar-refractivity contribution < 1.29 is 19.0 Å². The standard InChI is InChI=1S/C17H17NO4/c1-18-17(19)22-16-13-6-4-3-5-11(13)10-21-15-8-7-12(20-2)9-14(15)16/h3-9,16H,10H2,1-2H3,(H,18,19)/t16-/m0/s1. The van der Waals surface area contributed by atoms with Crippen molar-refractivity contribution in [2.45, 2.75) is 12.7 Å². The monoisotopic (exact) mass is 299 g/mol. The predicted octanol–water partition coefficient (Wildman–Crippen LogP) is 3.03. The van der Waals surface area contributed by atoms with Crippen LogP contribution >= 0.6 is 0 Å². The van der Waals surface area contributed by atoms with Gasteiger partial charge in [0.1, 0.15) is 18.1 Å². The number of hydrogen-bond donors (Lipinski definition) is 1. The quantitative estimate of drug-likeness (QED) is 0.926. The van der Waals surface area contributed by atoms with Crippen LogP contribution in [0.1, 0.15) is 22.8 Å². The number of fused-ring (bicyclic) bond motifs is 2. The Hall–Kier alpha value is -2.69. The maximum Gasteiger partial charge on any atom is 0.407 e. The van der Waals surface area contributed by atoms with Crippen LogP contribution < -0.4 is 14.8 Å². The largest absolute Gasteiger partial charge is 0.497 e.